The number of benzene rings is 1. The maximum Gasteiger partial charge on any atom is 1.00 e. The molecule has 0 aliphatic rings. The maximum atomic E-state index is 12.7. The largest absolute Gasteiger partial charge is 1.00 e. The van der Waals surface area contributed by atoms with E-state index >= 15 is 0 Å². The second kappa shape index (κ2) is 25.1. The molecule has 0 heterocycles. The monoisotopic (exact) mass is 600 g/mol. The minimum Gasteiger partial charge on any atom is -0.744 e. The first kappa shape index (κ1) is 39.5. The first-order chi connectivity index (χ1) is 19.3. The molecule has 0 atom stereocenters. The Balaban J connectivity index is 0.0000160. The zero-order valence-electron chi connectivity index (χ0n) is 25.5. The SMILES string of the molecule is CCCCC/C=C/CCCCCOC(=O)c1ccc(S(=O)(=O)[O-])cc1C(=O)OCCCCC/C=C/CCCCC.[Na+]. The fourth-order valence-corrected chi connectivity index (χ4v) is 4.59. The minimum atomic E-state index is -4.81. The van der Waals surface area contributed by atoms with E-state index in [4.69, 9.17) is 9.47 Å². The molecule has 0 amide bonds. The average molecular weight is 601 g/mol. The van der Waals surface area contributed by atoms with Crippen LogP contribution < -0.4 is 29.6 Å². The summed E-state index contributed by atoms with van der Waals surface area (Å²) in [6.07, 6.45) is 25.4. The van der Waals surface area contributed by atoms with Gasteiger partial charge in [0.2, 0.25) is 0 Å². The average Bonchev–Trinajstić information content (AvgIpc) is 2.93. The molecule has 1 aromatic rings. The second-order valence-electron chi connectivity index (χ2n) is 10.1. The molecule has 7 nitrogen and oxygen atoms in total. The zero-order valence-corrected chi connectivity index (χ0v) is 28.4. The fourth-order valence-electron chi connectivity index (χ4n) is 4.09. The standard InChI is InChI=1S/C32H50O7S.Na/c1-3-5-7-9-11-13-15-17-19-21-25-38-31(33)29-24-23-28(40(35,36)37)27-30(29)32(34)39-26-22-20-18-16-14-12-10-8-6-4-2;/h11-14,23-24,27H,3-10,15-22,25-26H2,1-2H3,(H,35,36,37);/q;+1/p-1/b13-11+,14-12+;. The summed E-state index contributed by atoms with van der Waals surface area (Å²) in [7, 11) is -4.81. The molecule has 0 unspecified atom stereocenters. The van der Waals surface area contributed by atoms with Crippen LogP contribution in [0.15, 0.2) is 47.4 Å². The van der Waals surface area contributed by atoms with Gasteiger partial charge in [0.15, 0.2) is 0 Å². The Hall–Kier alpha value is -1.45. The zero-order chi connectivity index (χ0) is 29.5. The first-order valence-electron chi connectivity index (χ1n) is 15.0. The van der Waals surface area contributed by atoms with Crippen LogP contribution in [0.3, 0.4) is 0 Å². The van der Waals surface area contributed by atoms with Gasteiger partial charge in [-0.15, -0.1) is 0 Å². The molecule has 0 aliphatic carbocycles. The summed E-state index contributed by atoms with van der Waals surface area (Å²) < 4.78 is 45.1. The van der Waals surface area contributed by atoms with Gasteiger partial charge in [0, 0.05) is 0 Å². The molecule has 0 saturated heterocycles. The summed E-state index contributed by atoms with van der Waals surface area (Å²) in [6, 6.07) is 3.05. The van der Waals surface area contributed by atoms with Gasteiger partial charge in [0.25, 0.3) is 0 Å². The number of allylic oxidation sites excluding steroid dienone is 4. The second-order valence-corrected chi connectivity index (χ2v) is 11.4. The van der Waals surface area contributed by atoms with Crippen LogP contribution in [-0.4, -0.2) is 38.1 Å². The van der Waals surface area contributed by atoms with Gasteiger partial charge >= 0.3 is 41.5 Å². The Labute approximate surface area is 270 Å². The van der Waals surface area contributed by atoms with Gasteiger partial charge in [0.05, 0.1) is 29.2 Å². The van der Waals surface area contributed by atoms with E-state index in [-0.39, 0.29) is 53.9 Å². The quantitative estimate of drug-likeness (QED) is 0.0551. The summed E-state index contributed by atoms with van der Waals surface area (Å²) in [6.45, 7) is 4.69. The van der Waals surface area contributed by atoms with E-state index in [0.717, 1.165) is 69.6 Å². The van der Waals surface area contributed by atoms with E-state index < -0.39 is 27.0 Å². The number of ether oxygens (including phenoxy) is 2. The fraction of sp³-hybridized carbons (Fsp3) is 0.625. The van der Waals surface area contributed by atoms with Crippen molar-refractivity contribution in [2.75, 3.05) is 13.2 Å². The van der Waals surface area contributed by atoms with Gasteiger partial charge in [-0.25, -0.2) is 18.0 Å². The third-order valence-electron chi connectivity index (χ3n) is 6.50. The van der Waals surface area contributed by atoms with E-state index in [2.05, 4.69) is 38.2 Å². The molecule has 1 rings (SSSR count). The topological polar surface area (TPSA) is 110 Å². The third kappa shape index (κ3) is 19.4. The molecule has 0 bridgehead atoms. The van der Waals surface area contributed by atoms with Crippen LogP contribution in [0.5, 0.6) is 0 Å². The van der Waals surface area contributed by atoms with Crippen molar-refractivity contribution in [2.24, 2.45) is 0 Å². The van der Waals surface area contributed by atoms with E-state index in [1.54, 1.807) is 0 Å². The van der Waals surface area contributed by atoms with Crippen LogP contribution >= 0.6 is 0 Å². The van der Waals surface area contributed by atoms with Crippen LogP contribution in [0.2, 0.25) is 0 Å². The van der Waals surface area contributed by atoms with E-state index in [1.165, 1.54) is 38.5 Å². The number of hydrogen-bond donors (Lipinski definition) is 0. The molecule has 0 fully saturated rings. The van der Waals surface area contributed by atoms with Crippen LogP contribution in [0, 0.1) is 0 Å². The third-order valence-corrected chi connectivity index (χ3v) is 7.33. The van der Waals surface area contributed by atoms with Crippen molar-refractivity contribution in [1.29, 1.82) is 0 Å². The van der Waals surface area contributed by atoms with Crippen molar-refractivity contribution in [3.05, 3.63) is 53.6 Å². The predicted molar refractivity (Wildman–Crippen MR) is 158 cm³/mol. The van der Waals surface area contributed by atoms with Crippen molar-refractivity contribution in [2.45, 2.75) is 121 Å². The van der Waals surface area contributed by atoms with Crippen molar-refractivity contribution in [1.82, 2.24) is 0 Å². The van der Waals surface area contributed by atoms with E-state index in [0.29, 0.717) is 12.8 Å². The molecule has 9 heteroatoms. The van der Waals surface area contributed by atoms with Crippen molar-refractivity contribution < 1.29 is 61.6 Å². The number of carbonyl (C=O) groups is 2. The van der Waals surface area contributed by atoms with E-state index in [9.17, 15) is 22.6 Å². The normalized spacial score (nSPS) is 11.6. The number of rotatable bonds is 23. The number of hydrogen-bond acceptors (Lipinski definition) is 7. The van der Waals surface area contributed by atoms with Gasteiger partial charge in [-0.3, -0.25) is 0 Å². The van der Waals surface area contributed by atoms with E-state index in [1.807, 2.05) is 0 Å². The molecular formula is C32H49NaO7S. The number of esters is 2. The molecule has 1 aromatic carbocycles. The van der Waals surface area contributed by atoms with Crippen LogP contribution in [0.25, 0.3) is 0 Å². The summed E-state index contributed by atoms with van der Waals surface area (Å²) in [5, 5.41) is 0. The molecular weight excluding hydrogens is 551 g/mol. The number of carbonyl (C=O) groups excluding carboxylic acids is 2. The smallest absolute Gasteiger partial charge is 0.744 e. The van der Waals surface area contributed by atoms with Gasteiger partial charge < -0.3 is 14.0 Å². The molecule has 0 spiro atoms. The molecule has 0 aromatic heterocycles. The van der Waals surface area contributed by atoms with Crippen molar-refractivity contribution in [3.8, 4) is 0 Å². The molecule has 0 N–H and O–H groups in total. The predicted octanol–water partition coefficient (Wildman–Crippen LogP) is 5.30. The van der Waals surface area contributed by atoms with Crippen LogP contribution in [-0.2, 0) is 19.6 Å². The summed E-state index contributed by atoms with van der Waals surface area (Å²) in [5.74, 6) is -1.60. The summed E-state index contributed by atoms with van der Waals surface area (Å²) in [5.41, 5.74) is -0.384. The molecule has 0 saturated carbocycles. The minimum absolute atomic E-state index is 0. The first-order valence-corrected chi connectivity index (χ1v) is 16.5. The van der Waals surface area contributed by atoms with Gasteiger partial charge in [-0.2, -0.15) is 0 Å². The van der Waals surface area contributed by atoms with Crippen molar-refractivity contribution in [3.63, 3.8) is 0 Å². The Morgan fingerprint density at radius 3 is 1.49 bits per heavy atom. The molecule has 226 valence electrons. The van der Waals surface area contributed by atoms with Gasteiger partial charge in [-0.1, -0.05) is 63.8 Å². The number of unbranched alkanes of at least 4 members (excludes halogenated alkanes) is 12. The summed E-state index contributed by atoms with van der Waals surface area (Å²) >= 11 is 0. The molecule has 0 aliphatic heterocycles. The Bertz CT molecular complexity index is 1020. The Morgan fingerprint density at radius 2 is 1.07 bits per heavy atom. The maximum absolute atomic E-state index is 12.7. The van der Waals surface area contributed by atoms with Crippen LogP contribution in [0.1, 0.15) is 137 Å². The van der Waals surface area contributed by atoms with Gasteiger partial charge in [-0.05, 0) is 95.2 Å². The Morgan fingerprint density at radius 1 is 0.659 bits per heavy atom. The van der Waals surface area contributed by atoms with Crippen LogP contribution in [0.4, 0.5) is 0 Å². The Kier molecular flexibility index (Phi) is 24.2. The van der Waals surface area contributed by atoms with Gasteiger partial charge in [0.1, 0.15) is 10.1 Å². The summed E-state index contributed by atoms with van der Waals surface area (Å²) in [4.78, 5) is 24.8. The molecule has 0 radical (unpaired) electrons. The van der Waals surface area contributed by atoms with Crippen molar-refractivity contribution >= 4 is 22.1 Å². The molecule has 41 heavy (non-hydrogen) atoms.